The smallest absolute Gasteiger partial charge is 0.321 e. The summed E-state index contributed by atoms with van der Waals surface area (Å²) in [4.78, 5) is 10.3. The second kappa shape index (κ2) is 4.77. The van der Waals surface area contributed by atoms with Crippen LogP contribution in [0.1, 0.15) is 5.82 Å². The van der Waals surface area contributed by atoms with Crippen molar-refractivity contribution >= 4 is 17.7 Å². The highest BCUT2D eigenvalue weighted by Gasteiger charge is 2.11. The summed E-state index contributed by atoms with van der Waals surface area (Å²) in [5.74, 6) is 0.393. The van der Waals surface area contributed by atoms with Crippen LogP contribution in [0.15, 0.2) is 0 Å². The van der Waals surface area contributed by atoms with E-state index < -0.39 is 12.0 Å². The van der Waals surface area contributed by atoms with Crippen molar-refractivity contribution in [1.82, 2.24) is 20.6 Å². The molecule has 0 aliphatic rings. The van der Waals surface area contributed by atoms with Crippen LogP contribution in [0.25, 0.3) is 0 Å². The number of aliphatic carboxylic acids is 1. The number of carboxylic acids is 1. The van der Waals surface area contributed by atoms with Crippen molar-refractivity contribution in [2.24, 2.45) is 5.73 Å². The molecule has 0 radical (unpaired) electrons. The van der Waals surface area contributed by atoms with Gasteiger partial charge < -0.3 is 10.8 Å². The van der Waals surface area contributed by atoms with Gasteiger partial charge in [-0.1, -0.05) is 5.21 Å². The van der Waals surface area contributed by atoms with E-state index >= 15 is 0 Å². The molecule has 1 aromatic rings. The van der Waals surface area contributed by atoms with E-state index in [9.17, 15) is 4.79 Å². The second-order valence-corrected chi connectivity index (χ2v) is 3.32. The molecule has 0 aliphatic heterocycles. The van der Waals surface area contributed by atoms with Crippen molar-refractivity contribution < 1.29 is 9.90 Å². The SMILES string of the molecule is N[C@@H](CSCc1nn[nH]n1)C(=O)O. The third-order valence-electron chi connectivity index (χ3n) is 1.23. The molecule has 1 rings (SSSR count). The van der Waals surface area contributed by atoms with Gasteiger partial charge in [-0.05, 0) is 0 Å². The average molecular weight is 203 g/mol. The first kappa shape index (κ1) is 9.93. The summed E-state index contributed by atoms with van der Waals surface area (Å²) >= 11 is 1.36. The minimum Gasteiger partial charge on any atom is -0.480 e. The molecule has 8 heteroatoms. The highest BCUT2D eigenvalue weighted by atomic mass is 32.2. The molecule has 0 amide bonds. The van der Waals surface area contributed by atoms with Crippen LogP contribution in [0.4, 0.5) is 0 Å². The Morgan fingerprint density at radius 3 is 3.08 bits per heavy atom. The van der Waals surface area contributed by atoms with E-state index in [0.717, 1.165) is 0 Å². The highest BCUT2D eigenvalue weighted by Crippen LogP contribution is 2.07. The third-order valence-corrected chi connectivity index (χ3v) is 2.29. The Morgan fingerprint density at radius 2 is 2.54 bits per heavy atom. The van der Waals surface area contributed by atoms with E-state index in [2.05, 4.69) is 20.6 Å². The van der Waals surface area contributed by atoms with Crippen LogP contribution < -0.4 is 5.73 Å². The number of nitrogens with two attached hydrogens (primary N) is 1. The molecule has 0 aromatic carbocycles. The highest BCUT2D eigenvalue weighted by molar-refractivity contribution is 7.98. The van der Waals surface area contributed by atoms with Crippen LogP contribution in [0.3, 0.4) is 0 Å². The fourth-order valence-corrected chi connectivity index (χ4v) is 1.41. The standard InChI is InChI=1S/C5H9N5O2S/c6-3(5(11)12)1-13-2-4-7-9-10-8-4/h3H,1-2,6H2,(H,11,12)(H,7,8,9,10)/t3-/m0/s1. The van der Waals surface area contributed by atoms with Crippen LogP contribution in [-0.2, 0) is 10.5 Å². The predicted molar refractivity (Wildman–Crippen MR) is 46.0 cm³/mol. The first-order chi connectivity index (χ1) is 6.20. The number of aromatic amines is 1. The van der Waals surface area contributed by atoms with Crippen molar-refractivity contribution in [3.63, 3.8) is 0 Å². The van der Waals surface area contributed by atoms with Gasteiger partial charge in [0.25, 0.3) is 0 Å². The van der Waals surface area contributed by atoms with Gasteiger partial charge in [0.15, 0.2) is 5.82 Å². The Bertz CT molecular complexity index is 264. The molecular weight excluding hydrogens is 194 g/mol. The summed E-state index contributed by atoms with van der Waals surface area (Å²) in [6.07, 6.45) is 0. The molecule has 1 aromatic heterocycles. The van der Waals surface area contributed by atoms with E-state index in [1.807, 2.05) is 0 Å². The normalized spacial score (nSPS) is 12.7. The van der Waals surface area contributed by atoms with Gasteiger partial charge in [-0.25, -0.2) is 0 Å². The van der Waals surface area contributed by atoms with Gasteiger partial charge in [-0.2, -0.15) is 17.0 Å². The summed E-state index contributed by atoms with van der Waals surface area (Å²) in [7, 11) is 0. The lowest BCUT2D eigenvalue weighted by Crippen LogP contribution is -2.32. The van der Waals surface area contributed by atoms with Crippen molar-refractivity contribution in [2.45, 2.75) is 11.8 Å². The third kappa shape index (κ3) is 3.38. The van der Waals surface area contributed by atoms with Crippen LogP contribution in [0.5, 0.6) is 0 Å². The number of tetrazole rings is 1. The van der Waals surface area contributed by atoms with Crippen LogP contribution in [0.2, 0.25) is 0 Å². The molecule has 0 saturated heterocycles. The van der Waals surface area contributed by atoms with Gasteiger partial charge in [0, 0.05) is 5.75 Å². The molecule has 1 heterocycles. The molecule has 0 spiro atoms. The summed E-state index contributed by atoms with van der Waals surface area (Å²) in [5.41, 5.74) is 5.27. The molecular formula is C5H9N5O2S. The molecule has 72 valence electrons. The molecule has 0 aliphatic carbocycles. The van der Waals surface area contributed by atoms with E-state index in [0.29, 0.717) is 17.3 Å². The zero-order chi connectivity index (χ0) is 9.68. The largest absolute Gasteiger partial charge is 0.480 e. The second-order valence-electron chi connectivity index (χ2n) is 2.29. The minimum atomic E-state index is -0.999. The number of thioether (sulfide) groups is 1. The molecule has 0 saturated carbocycles. The first-order valence-corrected chi connectivity index (χ1v) is 4.64. The summed E-state index contributed by atoms with van der Waals surface area (Å²) < 4.78 is 0. The quantitative estimate of drug-likeness (QED) is 0.552. The number of aromatic nitrogens is 4. The predicted octanol–water partition coefficient (Wildman–Crippen LogP) is -1.16. The van der Waals surface area contributed by atoms with Gasteiger partial charge >= 0.3 is 5.97 Å². The van der Waals surface area contributed by atoms with Gasteiger partial charge in [-0.3, -0.25) is 4.79 Å². The maximum absolute atomic E-state index is 10.3. The Labute approximate surface area is 78.1 Å². The van der Waals surface area contributed by atoms with Crippen molar-refractivity contribution in [2.75, 3.05) is 5.75 Å². The Morgan fingerprint density at radius 1 is 1.77 bits per heavy atom. The number of H-pyrrole nitrogens is 1. The lowest BCUT2D eigenvalue weighted by molar-refractivity contribution is -0.137. The fourth-order valence-electron chi connectivity index (χ4n) is 0.592. The van der Waals surface area contributed by atoms with Crippen molar-refractivity contribution in [3.8, 4) is 0 Å². The molecule has 4 N–H and O–H groups in total. The van der Waals surface area contributed by atoms with Gasteiger partial charge in [-0.15, -0.1) is 10.2 Å². The lowest BCUT2D eigenvalue weighted by Gasteiger charge is -2.03. The summed E-state index contributed by atoms with van der Waals surface area (Å²) in [5, 5.41) is 21.5. The average Bonchev–Trinajstić information content (AvgIpc) is 2.56. The number of rotatable bonds is 5. The van der Waals surface area contributed by atoms with E-state index in [-0.39, 0.29) is 0 Å². The molecule has 7 nitrogen and oxygen atoms in total. The Balaban J connectivity index is 2.18. The van der Waals surface area contributed by atoms with Gasteiger partial charge in [0.05, 0.1) is 5.75 Å². The number of carboxylic acid groups (broad SMARTS) is 1. The molecule has 0 unspecified atom stereocenters. The van der Waals surface area contributed by atoms with Crippen LogP contribution in [-0.4, -0.2) is 43.5 Å². The zero-order valence-corrected chi connectivity index (χ0v) is 7.49. The summed E-state index contributed by atoms with van der Waals surface area (Å²) in [6, 6.07) is -0.836. The first-order valence-electron chi connectivity index (χ1n) is 3.48. The van der Waals surface area contributed by atoms with Crippen molar-refractivity contribution in [3.05, 3.63) is 5.82 Å². The zero-order valence-electron chi connectivity index (χ0n) is 6.67. The topological polar surface area (TPSA) is 118 Å². The maximum atomic E-state index is 10.3. The number of nitrogens with zero attached hydrogens (tertiary/aromatic N) is 3. The minimum absolute atomic E-state index is 0.337. The summed E-state index contributed by atoms with van der Waals surface area (Å²) in [6.45, 7) is 0. The van der Waals surface area contributed by atoms with Gasteiger partial charge in [0.1, 0.15) is 6.04 Å². The molecule has 13 heavy (non-hydrogen) atoms. The fraction of sp³-hybridized carbons (Fsp3) is 0.600. The maximum Gasteiger partial charge on any atom is 0.321 e. The monoisotopic (exact) mass is 203 g/mol. The number of carbonyl (C=O) groups is 1. The number of nitrogens with one attached hydrogen (secondary N) is 1. The number of hydrogen-bond acceptors (Lipinski definition) is 6. The molecule has 1 atom stereocenters. The van der Waals surface area contributed by atoms with Crippen LogP contribution in [0, 0.1) is 0 Å². The van der Waals surface area contributed by atoms with Crippen molar-refractivity contribution in [1.29, 1.82) is 0 Å². The van der Waals surface area contributed by atoms with E-state index in [1.54, 1.807) is 0 Å². The Hall–Kier alpha value is -1.15. The Kier molecular flexibility index (Phi) is 3.65. The molecule has 0 fully saturated rings. The molecule has 0 bridgehead atoms. The van der Waals surface area contributed by atoms with E-state index in [4.69, 9.17) is 10.8 Å². The van der Waals surface area contributed by atoms with Crippen LogP contribution >= 0.6 is 11.8 Å². The number of hydrogen-bond donors (Lipinski definition) is 3. The van der Waals surface area contributed by atoms with Gasteiger partial charge in [0.2, 0.25) is 0 Å². The van der Waals surface area contributed by atoms with E-state index in [1.165, 1.54) is 11.8 Å². The lowest BCUT2D eigenvalue weighted by atomic mass is 10.4.